The van der Waals surface area contributed by atoms with Crippen molar-refractivity contribution in [3.8, 4) is 0 Å². The minimum Gasteiger partial charge on any atom is -0.295 e. The van der Waals surface area contributed by atoms with Crippen molar-refractivity contribution in [2.45, 2.75) is 26.2 Å². The van der Waals surface area contributed by atoms with Crippen LogP contribution in [-0.2, 0) is 16.1 Å². The molecule has 0 aromatic carbocycles. The van der Waals surface area contributed by atoms with Gasteiger partial charge in [0.05, 0.1) is 0 Å². The fourth-order valence-electron chi connectivity index (χ4n) is 0.788. The van der Waals surface area contributed by atoms with Crippen molar-refractivity contribution in [2.75, 3.05) is 21.3 Å². The molecule has 0 aliphatic rings. The molecular formula is C11H23GeO4. The Balaban J connectivity index is 0. The molecule has 0 amide bonds. The fourth-order valence-corrected chi connectivity index (χ4v) is 2.00. The Morgan fingerprint density at radius 3 is 1.81 bits per heavy atom. The van der Waals surface area contributed by atoms with E-state index >= 15 is 0 Å². The molecule has 0 unspecified atom stereocenters. The number of carbonyl (C=O) groups excluding carboxylic acids is 1. The van der Waals surface area contributed by atoms with Gasteiger partial charge in [0.15, 0.2) is 5.78 Å². The van der Waals surface area contributed by atoms with E-state index in [0.29, 0.717) is 12.0 Å². The summed E-state index contributed by atoms with van der Waals surface area (Å²) in [7, 11) is 4.78. The first kappa shape index (κ1) is 18.2. The maximum Gasteiger partial charge on any atom is 0.157 e. The van der Waals surface area contributed by atoms with Crippen molar-refractivity contribution in [1.29, 1.82) is 0 Å². The number of Topliss-reactive ketones (excluding diaryl/α,β-unsaturated/α-hetero) is 1. The van der Waals surface area contributed by atoms with E-state index in [9.17, 15) is 4.79 Å². The van der Waals surface area contributed by atoms with Crippen LogP contribution in [0, 0.1) is 6.92 Å². The molecule has 0 aliphatic carbocycles. The van der Waals surface area contributed by atoms with Gasteiger partial charge in [-0.2, -0.15) is 0 Å². The summed E-state index contributed by atoms with van der Waals surface area (Å²) in [5.74, 6) is 0.165. The Labute approximate surface area is 104 Å². The van der Waals surface area contributed by atoms with E-state index in [1.54, 1.807) is 28.3 Å². The third kappa shape index (κ3) is 11.9. The van der Waals surface area contributed by atoms with Gasteiger partial charge in [-0.25, -0.2) is 0 Å². The van der Waals surface area contributed by atoms with E-state index < -0.39 is 15.4 Å². The molecule has 0 atom stereocenters. The monoisotopic (exact) mass is 293 g/mol. The molecule has 0 N–H and O–H groups in total. The molecule has 95 valence electrons. The summed E-state index contributed by atoms with van der Waals surface area (Å²) in [5, 5.41) is 0. The minimum atomic E-state index is -2.08. The Hall–Kier alpha value is -0.167. The second-order valence-electron chi connectivity index (χ2n) is 3.16. The first-order valence-electron chi connectivity index (χ1n) is 5.09. The van der Waals surface area contributed by atoms with Crippen LogP contribution in [-0.4, -0.2) is 42.5 Å². The average Bonchev–Trinajstić information content (AvgIpc) is 2.29. The molecule has 5 heteroatoms. The van der Waals surface area contributed by atoms with Crippen molar-refractivity contribution < 1.29 is 16.1 Å². The number of ketones is 1. The van der Waals surface area contributed by atoms with Gasteiger partial charge in [-0.1, -0.05) is 19.9 Å². The molecule has 0 spiro atoms. The van der Waals surface area contributed by atoms with E-state index in [2.05, 4.69) is 13.5 Å². The largest absolute Gasteiger partial charge is 0.295 e. The third-order valence-corrected chi connectivity index (χ3v) is 4.13. The van der Waals surface area contributed by atoms with Crippen LogP contribution in [0.3, 0.4) is 0 Å². The van der Waals surface area contributed by atoms with Gasteiger partial charge in [0.2, 0.25) is 0 Å². The molecule has 0 saturated heterocycles. The SMILES string of the molecule is C[O][GeH]([O]C)[O]C.[CH2]CCCC(=O)C(=C)C. The van der Waals surface area contributed by atoms with Crippen LogP contribution >= 0.6 is 0 Å². The summed E-state index contributed by atoms with van der Waals surface area (Å²) in [5.41, 5.74) is 0.656. The minimum absolute atomic E-state index is 0.165. The van der Waals surface area contributed by atoms with Gasteiger partial charge in [-0.3, -0.25) is 4.79 Å². The molecule has 0 bridgehead atoms. The van der Waals surface area contributed by atoms with Crippen LogP contribution in [0.2, 0.25) is 0 Å². The van der Waals surface area contributed by atoms with Gasteiger partial charge in [-0.15, -0.1) is 0 Å². The number of allylic oxidation sites excluding steroid dienone is 1. The summed E-state index contributed by atoms with van der Waals surface area (Å²) in [4.78, 5) is 10.8. The molecule has 0 saturated carbocycles. The first-order valence-corrected chi connectivity index (χ1v) is 8.06. The number of rotatable bonds is 7. The van der Waals surface area contributed by atoms with Gasteiger partial charge in [0.1, 0.15) is 0 Å². The van der Waals surface area contributed by atoms with E-state index in [-0.39, 0.29) is 5.78 Å². The molecule has 0 aromatic heterocycles. The molecule has 0 aromatic rings. The van der Waals surface area contributed by atoms with Crippen molar-refractivity contribution in [1.82, 2.24) is 0 Å². The van der Waals surface area contributed by atoms with Crippen molar-refractivity contribution in [3.63, 3.8) is 0 Å². The zero-order valence-corrected chi connectivity index (χ0v) is 13.2. The summed E-state index contributed by atoms with van der Waals surface area (Å²) >= 11 is -2.08. The number of hydrogen-bond acceptors (Lipinski definition) is 4. The van der Waals surface area contributed by atoms with Gasteiger partial charge >= 0.3 is 48.0 Å². The van der Waals surface area contributed by atoms with Gasteiger partial charge in [0.25, 0.3) is 0 Å². The van der Waals surface area contributed by atoms with E-state index in [4.69, 9.17) is 11.3 Å². The second-order valence-corrected chi connectivity index (χ2v) is 7.33. The van der Waals surface area contributed by atoms with Crippen LogP contribution in [0.5, 0.6) is 0 Å². The summed E-state index contributed by atoms with van der Waals surface area (Å²) in [6.45, 7) is 8.91. The van der Waals surface area contributed by atoms with Gasteiger partial charge in [0, 0.05) is 6.42 Å². The van der Waals surface area contributed by atoms with Crippen LogP contribution < -0.4 is 0 Å². The topological polar surface area (TPSA) is 44.8 Å². The first-order chi connectivity index (χ1) is 7.53. The van der Waals surface area contributed by atoms with Crippen LogP contribution in [0.25, 0.3) is 0 Å². The standard InChI is InChI=1S/C8H13O.C3H10GeO3/c1-4-5-6-8(9)7(2)3;1-5-4(6-2)7-3/h1-2,4-6H2,3H3;4H,1-3H3. The van der Waals surface area contributed by atoms with Crippen molar-refractivity contribution in [2.24, 2.45) is 0 Å². The molecule has 4 nitrogen and oxygen atoms in total. The van der Waals surface area contributed by atoms with E-state index in [1.165, 1.54) is 0 Å². The molecule has 0 fully saturated rings. The second kappa shape index (κ2) is 12.9. The Bertz CT molecular complexity index is 185. The zero-order valence-electron chi connectivity index (χ0n) is 10.7. The van der Waals surface area contributed by atoms with Gasteiger partial charge in [-0.05, 0) is 18.9 Å². The fraction of sp³-hybridized carbons (Fsp3) is 0.636. The Kier molecular flexibility index (Phi) is 14.7. The third-order valence-electron chi connectivity index (χ3n) is 1.71. The quantitative estimate of drug-likeness (QED) is 0.530. The summed E-state index contributed by atoms with van der Waals surface area (Å²) in [6, 6.07) is 0. The number of carbonyl (C=O) groups is 1. The van der Waals surface area contributed by atoms with E-state index in [1.807, 2.05) is 0 Å². The van der Waals surface area contributed by atoms with E-state index in [0.717, 1.165) is 12.8 Å². The molecule has 0 rings (SSSR count). The molecular weight excluding hydrogens is 269 g/mol. The Morgan fingerprint density at radius 1 is 1.19 bits per heavy atom. The van der Waals surface area contributed by atoms with Crippen molar-refractivity contribution in [3.05, 3.63) is 19.1 Å². The van der Waals surface area contributed by atoms with Gasteiger partial charge < -0.3 is 0 Å². The Morgan fingerprint density at radius 2 is 1.62 bits per heavy atom. The smallest absolute Gasteiger partial charge is 0.157 e. The maximum absolute atomic E-state index is 10.8. The van der Waals surface area contributed by atoms with Crippen LogP contribution in [0.1, 0.15) is 26.2 Å². The molecule has 0 aliphatic heterocycles. The van der Waals surface area contributed by atoms with Crippen LogP contribution in [0.15, 0.2) is 12.2 Å². The molecule has 1 radical (unpaired) electrons. The molecule has 0 heterocycles. The maximum atomic E-state index is 10.8. The predicted molar refractivity (Wildman–Crippen MR) is 67.2 cm³/mol. The predicted octanol–water partition coefficient (Wildman–Crippen LogP) is 1.78. The molecule has 16 heavy (non-hydrogen) atoms. The normalized spacial score (nSPS) is 9.62. The zero-order chi connectivity index (χ0) is 13.0. The average molecular weight is 292 g/mol. The number of hydrogen-bond donors (Lipinski definition) is 0. The van der Waals surface area contributed by atoms with Crippen molar-refractivity contribution >= 4 is 21.1 Å². The summed E-state index contributed by atoms with van der Waals surface area (Å²) < 4.78 is 14.4. The summed E-state index contributed by atoms with van der Waals surface area (Å²) in [6.07, 6.45) is 2.32. The number of unbranched alkanes of at least 4 members (excludes halogenated alkanes) is 1. The van der Waals surface area contributed by atoms with Crippen LogP contribution in [0.4, 0.5) is 0 Å².